The minimum atomic E-state index is -7.88. The average molecular weight is 1200 g/mol. The molecule has 0 bridgehead atoms. The molecule has 82 heavy (non-hydrogen) atoms. The summed E-state index contributed by atoms with van der Waals surface area (Å²) < 4.78 is 395. The molecule has 0 saturated heterocycles. The summed E-state index contributed by atoms with van der Waals surface area (Å²) in [5, 5.41) is 0. The maximum atomic E-state index is 17.4. The Morgan fingerprint density at radius 3 is 1.02 bits per heavy atom. The van der Waals surface area contributed by atoms with E-state index in [9.17, 15) is 30.7 Å². The molecular weight excluding hydrogens is 1180 g/mol. The first-order valence-electron chi connectivity index (χ1n) is 22.2. The molecule has 7 rings (SSSR count). The Labute approximate surface area is 446 Å². The van der Waals surface area contributed by atoms with Crippen molar-refractivity contribution >= 4 is 22.2 Å². The van der Waals surface area contributed by atoms with Crippen LogP contribution in [0.2, 0.25) is 0 Å². The normalized spacial score (nSPS) is 13.8. The van der Waals surface area contributed by atoms with E-state index >= 15 is 79.0 Å². The molecule has 0 heterocycles. The molecule has 0 aliphatic rings. The van der Waals surface area contributed by atoms with Gasteiger partial charge in [-0.15, -0.1) is 10.0 Å². The molecule has 0 radical (unpaired) electrons. The molecule has 0 amide bonds. The summed E-state index contributed by atoms with van der Waals surface area (Å²) in [6, 6.07) is 14.9. The van der Waals surface area contributed by atoms with Gasteiger partial charge in [0.2, 0.25) is 0 Å². The summed E-state index contributed by atoms with van der Waals surface area (Å²) in [6.07, 6.45) is -10.5. The van der Waals surface area contributed by atoms with Crippen molar-refractivity contribution in [1.29, 1.82) is 0 Å². The molecular formula is C56H25F25S. The maximum Gasteiger partial charge on any atom is 0.422 e. The van der Waals surface area contributed by atoms with Crippen molar-refractivity contribution < 1.29 is 110 Å². The zero-order valence-corrected chi connectivity index (χ0v) is 41.3. The van der Waals surface area contributed by atoms with Crippen molar-refractivity contribution in [3.63, 3.8) is 0 Å². The van der Waals surface area contributed by atoms with Gasteiger partial charge in [0.25, 0.3) is 0 Å². The first-order chi connectivity index (χ1) is 38.0. The molecule has 0 aromatic heterocycles. The van der Waals surface area contributed by atoms with Crippen molar-refractivity contribution in [2.75, 3.05) is 0 Å². The predicted octanol–water partition coefficient (Wildman–Crippen LogP) is 20.9. The number of halogens is 25. The van der Waals surface area contributed by atoms with Crippen LogP contribution in [0.25, 0.3) is 56.7 Å². The Morgan fingerprint density at radius 2 is 0.707 bits per heavy atom. The molecule has 0 N–H and O–H groups in total. The van der Waals surface area contributed by atoms with Gasteiger partial charge in [0.15, 0.2) is 105 Å². The van der Waals surface area contributed by atoms with Crippen LogP contribution < -0.4 is 0 Å². The van der Waals surface area contributed by atoms with Crippen molar-refractivity contribution in [1.82, 2.24) is 0 Å². The summed E-state index contributed by atoms with van der Waals surface area (Å²) in [5.74, 6) is -67.4. The summed E-state index contributed by atoms with van der Waals surface area (Å²) >= 11 is 0. The molecule has 26 heteroatoms. The Kier molecular flexibility index (Phi) is 16.5. The first-order valence-corrected chi connectivity index (χ1v) is 23.8. The van der Waals surface area contributed by atoms with Gasteiger partial charge in [-0.05, 0) is 71.0 Å². The van der Waals surface area contributed by atoms with Crippen LogP contribution in [0, 0.1) is 100.0 Å². The number of hydrogen-bond donors (Lipinski definition) is 0. The van der Waals surface area contributed by atoms with E-state index in [1.807, 2.05) is 0 Å². The second-order valence-electron chi connectivity index (χ2n) is 17.2. The highest BCUT2D eigenvalue weighted by Crippen LogP contribution is 2.78. The molecule has 430 valence electrons. The second kappa shape index (κ2) is 22.0. The van der Waals surface area contributed by atoms with Crippen LogP contribution in [0.3, 0.4) is 0 Å². The highest BCUT2D eigenvalue weighted by Gasteiger charge is 2.55. The van der Waals surface area contributed by atoms with Crippen molar-refractivity contribution in [2.24, 2.45) is 0 Å². The number of alkyl halides is 6. The van der Waals surface area contributed by atoms with Gasteiger partial charge in [0.05, 0.1) is 31.4 Å². The van der Waals surface area contributed by atoms with Gasteiger partial charge in [-0.2, -0.15) is 26.3 Å². The maximum absolute atomic E-state index is 17.4. The first kappa shape index (κ1) is 61.5. The van der Waals surface area contributed by atoms with Gasteiger partial charge in [0, 0.05) is 10.5 Å². The van der Waals surface area contributed by atoms with E-state index in [1.54, 1.807) is 0 Å². The Bertz CT molecular complexity index is 3750. The molecule has 7 aromatic rings. The summed E-state index contributed by atoms with van der Waals surface area (Å²) in [5.41, 5.74) is -16.6. The topological polar surface area (TPSA) is 0 Å². The third-order valence-corrected chi connectivity index (χ3v) is 16.3. The smallest absolute Gasteiger partial charge is 0.211 e. The van der Waals surface area contributed by atoms with Gasteiger partial charge < -0.3 is 0 Å². The zero-order valence-electron chi connectivity index (χ0n) is 40.5. The summed E-state index contributed by atoms with van der Waals surface area (Å²) in [4.78, 5) is -14.6. The summed E-state index contributed by atoms with van der Waals surface area (Å²) in [6.45, 7) is 9.15. The van der Waals surface area contributed by atoms with E-state index in [0.717, 1.165) is 12.1 Å². The van der Waals surface area contributed by atoms with E-state index in [4.69, 9.17) is 0 Å². The SMILES string of the molecule is C=Cc1ccc(-c2cc(-c3ccc(C=C)cc3)cc(-c3c(F)c(F)c(-c4c(F)c(F)c(S(C(=C)/C(F)=C(F)\C(=C(/C)F)C(F)(F)F)(c5c(F)c(F)c(C)c(F)c5F)c5c(F)c(F)c(C(F)(F)F)c(F)c5F)c(F)c4F)c(F)c3F)c2)cc1. The van der Waals surface area contributed by atoms with Gasteiger partial charge in [-0.1, -0.05) is 80.4 Å². The van der Waals surface area contributed by atoms with Crippen LogP contribution in [0.5, 0.6) is 0 Å². The summed E-state index contributed by atoms with van der Waals surface area (Å²) in [7, 11) is -7.88. The van der Waals surface area contributed by atoms with Gasteiger partial charge >= 0.3 is 12.4 Å². The van der Waals surface area contributed by atoms with Crippen LogP contribution in [-0.2, 0) is 6.18 Å². The van der Waals surface area contributed by atoms with Crippen molar-refractivity contribution in [3.8, 4) is 44.5 Å². The van der Waals surface area contributed by atoms with Crippen molar-refractivity contribution in [2.45, 2.75) is 40.9 Å². The third-order valence-electron chi connectivity index (χ3n) is 12.4. The average Bonchev–Trinajstić information content (AvgIpc) is 3.30. The van der Waals surface area contributed by atoms with Gasteiger partial charge in [-0.3, -0.25) is 0 Å². The molecule has 0 aliphatic carbocycles. The monoisotopic (exact) mass is 1200 g/mol. The van der Waals surface area contributed by atoms with Gasteiger partial charge in [-0.25, -0.2) is 83.4 Å². The lowest BCUT2D eigenvalue weighted by Gasteiger charge is -2.43. The number of rotatable bonds is 12. The van der Waals surface area contributed by atoms with E-state index in [-0.39, 0.29) is 36.1 Å². The van der Waals surface area contributed by atoms with Crippen molar-refractivity contribution in [3.05, 3.63) is 230 Å². The lowest BCUT2D eigenvalue weighted by Crippen LogP contribution is -2.24. The van der Waals surface area contributed by atoms with E-state index in [0.29, 0.717) is 11.1 Å². The number of allylic oxidation sites excluding steroid dienone is 4. The highest BCUT2D eigenvalue weighted by atomic mass is 32.3. The second-order valence-corrected chi connectivity index (χ2v) is 20.1. The van der Waals surface area contributed by atoms with E-state index in [2.05, 4.69) is 19.7 Å². The van der Waals surface area contributed by atoms with Gasteiger partial charge in [0.1, 0.15) is 17.0 Å². The van der Waals surface area contributed by atoms with Crippen LogP contribution in [-0.4, -0.2) is 6.18 Å². The fraction of sp³-hybridized carbons (Fsp3) is 0.0714. The molecule has 0 fully saturated rings. The molecule has 0 nitrogen and oxygen atoms in total. The Hall–Kier alpha value is -8.16. The fourth-order valence-electron chi connectivity index (χ4n) is 8.57. The third kappa shape index (κ3) is 9.80. The predicted molar refractivity (Wildman–Crippen MR) is 251 cm³/mol. The molecule has 0 aliphatic heterocycles. The minimum Gasteiger partial charge on any atom is -0.211 e. The van der Waals surface area contributed by atoms with Crippen LogP contribution in [0.1, 0.15) is 29.2 Å². The van der Waals surface area contributed by atoms with Crippen LogP contribution >= 0.6 is 10.0 Å². The largest absolute Gasteiger partial charge is 0.422 e. The lowest BCUT2D eigenvalue weighted by atomic mass is 9.91. The quantitative estimate of drug-likeness (QED) is 0.0650. The molecule has 7 aromatic carbocycles. The van der Waals surface area contributed by atoms with E-state index < -0.39 is 191 Å². The number of hydrogen-bond acceptors (Lipinski definition) is 0. The van der Waals surface area contributed by atoms with E-state index in [1.165, 1.54) is 66.7 Å². The van der Waals surface area contributed by atoms with Crippen LogP contribution in [0.4, 0.5) is 110 Å². The minimum absolute atomic E-state index is 0.0114. The standard InChI is InChI=1S/C56H25F25S/c1-6-22-8-12-24(13-9-22)26-16-27(25-14-10-23(7-2)11-15-25)18-28(17-26)29-37(61)39(63)30(40(64)38(29)62)31-41(65)48(72)53(49(73)42(31)66)82(52-46(70)34(58)19(3)35(59)47(52)71,21(5)36(60)43(67)32(20(4)57)55(76,77)78)54-50(74)44(68)33(56(79,80)81)45(69)51(54)75/h6-18H,1-2,5H2,3-4H3/b32-20-,43-36-. The molecule has 0 saturated carbocycles. The number of benzene rings is 7. The Balaban J connectivity index is 1.68. The molecule has 1 atom stereocenters. The fourth-order valence-corrected chi connectivity index (χ4v) is 12.4. The highest BCUT2D eigenvalue weighted by molar-refractivity contribution is 8.37. The molecule has 1 unspecified atom stereocenters. The Morgan fingerprint density at radius 1 is 0.402 bits per heavy atom. The van der Waals surface area contributed by atoms with Crippen LogP contribution in [0.15, 0.2) is 129 Å². The molecule has 0 spiro atoms. The zero-order chi connectivity index (χ0) is 61.5. The lowest BCUT2D eigenvalue weighted by molar-refractivity contribution is -0.143.